The zero-order chi connectivity index (χ0) is 15.2. The van der Waals surface area contributed by atoms with Crippen molar-refractivity contribution in [2.45, 2.75) is 11.4 Å². The normalized spacial score (nSPS) is 10.3. The van der Waals surface area contributed by atoms with E-state index in [1.807, 2.05) is 42.7 Å². The van der Waals surface area contributed by atoms with Crippen LogP contribution in [0, 0.1) is 0 Å². The van der Waals surface area contributed by atoms with Crippen LogP contribution in [0.2, 0.25) is 5.02 Å². The maximum absolute atomic E-state index is 5.99. The first-order valence-electron chi connectivity index (χ1n) is 6.46. The molecule has 0 saturated carbocycles. The second kappa shape index (κ2) is 7.48. The molecule has 0 aromatic heterocycles. The lowest BCUT2D eigenvalue weighted by atomic mass is 10.2. The van der Waals surface area contributed by atoms with Gasteiger partial charge in [-0.1, -0.05) is 17.7 Å². The van der Waals surface area contributed by atoms with Crippen molar-refractivity contribution in [2.75, 3.05) is 25.8 Å². The molecule has 0 atom stereocenters. The van der Waals surface area contributed by atoms with Gasteiger partial charge in [-0.3, -0.25) is 0 Å². The first-order valence-corrected chi connectivity index (χ1v) is 8.06. The highest BCUT2D eigenvalue weighted by atomic mass is 35.5. The van der Waals surface area contributed by atoms with E-state index in [1.165, 1.54) is 0 Å². The minimum Gasteiger partial charge on any atom is -0.493 e. The van der Waals surface area contributed by atoms with E-state index in [9.17, 15) is 0 Å². The molecule has 0 fully saturated rings. The number of methoxy groups -OCH3 is 2. The molecule has 0 aliphatic heterocycles. The second-order valence-electron chi connectivity index (χ2n) is 4.38. The van der Waals surface area contributed by atoms with Crippen LogP contribution in [0.5, 0.6) is 11.5 Å². The van der Waals surface area contributed by atoms with Gasteiger partial charge in [-0.05, 0) is 42.2 Å². The standard InChI is InChI=1S/C16H18ClNO2S/c1-19-14-7-11(16(21-3)9-15(14)20-2)10-18-13-6-4-5-12(17)8-13/h4-9,18H,10H2,1-3H3. The number of benzene rings is 2. The maximum atomic E-state index is 5.99. The monoisotopic (exact) mass is 323 g/mol. The number of thioether (sulfide) groups is 1. The van der Waals surface area contributed by atoms with Gasteiger partial charge in [0.25, 0.3) is 0 Å². The Labute approximate surface area is 134 Å². The van der Waals surface area contributed by atoms with E-state index in [-0.39, 0.29) is 0 Å². The van der Waals surface area contributed by atoms with Crippen LogP contribution in [0.1, 0.15) is 5.56 Å². The van der Waals surface area contributed by atoms with Crippen molar-refractivity contribution in [3.8, 4) is 11.5 Å². The third kappa shape index (κ3) is 3.99. The fraction of sp³-hybridized carbons (Fsp3) is 0.250. The first kappa shape index (κ1) is 15.9. The number of rotatable bonds is 6. The quantitative estimate of drug-likeness (QED) is 0.781. The topological polar surface area (TPSA) is 30.5 Å². The van der Waals surface area contributed by atoms with Gasteiger partial charge in [-0.2, -0.15) is 0 Å². The molecule has 112 valence electrons. The summed E-state index contributed by atoms with van der Waals surface area (Å²) in [6.45, 7) is 0.691. The van der Waals surface area contributed by atoms with E-state index in [0.717, 1.165) is 32.7 Å². The van der Waals surface area contributed by atoms with Crippen LogP contribution >= 0.6 is 23.4 Å². The molecule has 3 nitrogen and oxygen atoms in total. The van der Waals surface area contributed by atoms with Gasteiger partial charge in [-0.15, -0.1) is 11.8 Å². The summed E-state index contributed by atoms with van der Waals surface area (Å²) >= 11 is 7.67. The highest BCUT2D eigenvalue weighted by Crippen LogP contribution is 2.34. The first-order chi connectivity index (χ1) is 10.2. The van der Waals surface area contributed by atoms with Crippen molar-refractivity contribution in [2.24, 2.45) is 0 Å². The molecule has 2 aromatic carbocycles. The van der Waals surface area contributed by atoms with Crippen LogP contribution in [0.3, 0.4) is 0 Å². The highest BCUT2D eigenvalue weighted by Gasteiger charge is 2.10. The fourth-order valence-electron chi connectivity index (χ4n) is 2.03. The molecular formula is C16H18ClNO2S. The molecule has 1 N–H and O–H groups in total. The Bertz CT molecular complexity index is 619. The van der Waals surface area contributed by atoms with E-state index in [1.54, 1.807) is 26.0 Å². The van der Waals surface area contributed by atoms with Crippen molar-refractivity contribution in [3.05, 3.63) is 47.0 Å². The Morgan fingerprint density at radius 2 is 1.81 bits per heavy atom. The van der Waals surface area contributed by atoms with E-state index in [4.69, 9.17) is 21.1 Å². The summed E-state index contributed by atoms with van der Waals surface area (Å²) < 4.78 is 10.7. The van der Waals surface area contributed by atoms with E-state index < -0.39 is 0 Å². The molecule has 0 bridgehead atoms. The van der Waals surface area contributed by atoms with Crippen molar-refractivity contribution in [1.82, 2.24) is 0 Å². The van der Waals surface area contributed by atoms with E-state index in [0.29, 0.717) is 6.54 Å². The Balaban J connectivity index is 2.22. The minimum atomic E-state index is 0.691. The number of ether oxygens (including phenoxy) is 2. The van der Waals surface area contributed by atoms with Crippen molar-refractivity contribution < 1.29 is 9.47 Å². The summed E-state index contributed by atoms with van der Waals surface area (Å²) in [5, 5.41) is 4.09. The molecule has 0 spiro atoms. The maximum Gasteiger partial charge on any atom is 0.161 e. The van der Waals surface area contributed by atoms with Gasteiger partial charge in [0.05, 0.1) is 14.2 Å². The minimum absolute atomic E-state index is 0.691. The van der Waals surface area contributed by atoms with Gasteiger partial charge in [0, 0.05) is 22.2 Å². The molecule has 2 aromatic rings. The summed E-state index contributed by atoms with van der Waals surface area (Å²) in [5.41, 5.74) is 2.14. The lowest BCUT2D eigenvalue weighted by Crippen LogP contribution is -2.02. The Morgan fingerprint density at radius 1 is 1.10 bits per heavy atom. The summed E-state index contributed by atoms with van der Waals surface area (Å²) in [6.07, 6.45) is 2.05. The SMILES string of the molecule is COc1cc(CNc2cccc(Cl)c2)c(SC)cc1OC. The van der Waals surface area contributed by atoms with Gasteiger partial charge in [0.2, 0.25) is 0 Å². The molecule has 5 heteroatoms. The largest absolute Gasteiger partial charge is 0.493 e. The summed E-state index contributed by atoms with van der Waals surface area (Å²) in [6, 6.07) is 11.7. The highest BCUT2D eigenvalue weighted by molar-refractivity contribution is 7.98. The predicted octanol–water partition coefficient (Wildman–Crippen LogP) is 4.69. The zero-order valence-electron chi connectivity index (χ0n) is 12.3. The van der Waals surface area contributed by atoms with Gasteiger partial charge < -0.3 is 14.8 Å². The summed E-state index contributed by atoms with van der Waals surface area (Å²) in [7, 11) is 3.29. The molecule has 0 saturated heterocycles. The number of halogens is 1. The molecule has 0 aliphatic carbocycles. The molecule has 0 unspecified atom stereocenters. The summed E-state index contributed by atoms with van der Waals surface area (Å²) in [4.78, 5) is 1.15. The number of nitrogens with one attached hydrogen (secondary N) is 1. The van der Waals surface area contributed by atoms with Crippen molar-refractivity contribution in [3.63, 3.8) is 0 Å². The van der Waals surface area contributed by atoms with Crippen LogP contribution in [-0.4, -0.2) is 20.5 Å². The summed E-state index contributed by atoms with van der Waals surface area (Å²) in [5.74, 6) is 1.48. The fourth-order valence-corrected chi connectivity index (χ4v) is 2.83. The molecule has 0 radical (unpaired) electrons. The predicted molar refractivity (Wildman–Crippen MR) is 90.1 cm³/mol. The molecule has 2 rings (SSSR count). The van der Waals surface area contributed by atoms with Crippen LogP contribution in [0.4, 0.5) is 5.69 Å². The third-order valence-corrected chi connectivity index (χ3v) is 4.15. The molecule has 0 aliphatic rings. The lowest BCUT2D eigenvalue weighted by Gasteiger charge is -2.15. The third-order valence-electron chi connectivity index (χ3n) is 3.09. The van der Waals surface area contributed by atoms with Crippen LogP contribution in [0.25, 0.3) is 0 Å². The van der Waals surface area contributed by atoms with Gasteiger partial charge in [-0.25, -0.2) is 0 Å². The van der Waals surface area contributed by atoms with Crippen molar-refractivity contribution >= 4 is 29.1 Å². The van der Waals surface area contributed by atoms with Gasteiger partial charge in [0.1, 0.15) is 0 Å². The number of anilines is 1. The average Bonchev–Trinajstić information content (AvgIpc) is 2.52. The smallest absolute Gasteiger partial charge is 0.161 e. The van der Waals surface area contributed by atoms with E-state index in [2.05, 4.69) is 5.32 Å². The number of hydrogen-bond acceptors (Lipinski definition) is 4. The second-order valence-corrected chi connectivity index (χ2v) is 5.67. The van der Waals surface area contributed by atoms with E-state index >= 15 is 0 Å². The average molecular weight is 324 g/mol. The lowest BCUT2D eigenvalue weighted by molar-refractivity contribution is 0.353. The molecule has 0 amide bonds. The van der Waals surface area contributed by atoms with Crippen molar-refractivity contribution in [1.29, 1.82) is 0 Å². The van der Waals surface area contributed by atoms with Crippen LogP contribution < -0.4 is 14.8 Å². The Morgan fingerprint density at radius 3 is 2.43 bits per heavy atom. The number of hydrogen-bond donors (Lipinski definition) is 1. The van der Waals surface area contributed by atoms with Crippen LogP contribution in [-0.2, 0) is 6.54 Å². The van der Waals surface area contributed by atoms with Gasteiger partial charge in [0.15, 0.2) is 11.5 Å². The molecular weight excluding hydrogens is 306 g/mol. The molecule has 21 heavy (non-hydrogen) atoms. The molecule has 0 heterocycles. The van der Waals surface area contributed by atoms with Gasteiger partial charge >= 0.3 is 0 Å². The Kier molecular flexibility index (Phi) is 5.65. The zero-order valence-corrected chi connectivity index (χ0v) is 13.8. The van der Waals surface area contributed by atoms with Crippen LogP contribution in [0.15, 0.2) is 41.3 Å². The Hall–Kier alpha value is -1.52.